The molecule has 0 aromatic heterocycles. The van der Waals surface area contributed by atoms with Gasteiger partial charge in [-0.2, -0.15) is 0 Å². The summed E-state index contributed by atoms with van der Waals surface area (Å²) in [6, 6.07) is 12.5. The van der Waals surface area contributed by atoms with Crippen molar-refractivity contribution in [2.24, 2.45) is 0 Å². The molecule has 0 radical (unpaired) electrons. The van der Waals surface area contributed by atoms with Crippen LogP contribution in [0.1, 0.15) is 30.5 Å². The molecular weight excluding hydrogens is 432 g/mol. The maximum Gasteiger partial charge on any atom is 0.321 e. The summed E-state index contributed by atoms with van der Waals surface area (Å²) in [4.78, 5) is 41.2. The molecule has 1 fully saturated rings. The molecule has 1 aliphatic rings. The Morgan fingerprint density at radius 1 is 0.971 bits per heavy atom. The van der Waals surface area contributed by atoms with Gasteiger partial charge in [0.15, 0.2) is 0 Å². The van der Waals surface area contributed by atoms with E-state index in [-0.39, 0.29) is 17.8 Å². The van der Waals surface area contributed by atoms with Crippen LogP contribution >= 0.6 is 0 Å². The Morgan fingerprint density at radius 2 is 1.62 bits per heavy atom. The van der Waals surface area contributed by atoms with Gasteiger partial charge >= 0.3 is 6.03 Å². The summed E-state index contributed by atoms with van der Waals surface area (Å²) in [7, 11) is 0. The van der Waals surface area contributed by atoms with E-state index in [0.717, 1.165) is 22.4 Å². The van der Waals surface area contributed by atoms with Crippen LogP contribution in [-0.4, -0.2) is 66.5 Å². The number of carbonyl (C=O) groups is 3. The Hall–Kier alpha value is -3.55. The number of rotatable bonds is 7. The minimum Gasteiger partial charge on any atom is -0.494 e. The smallest absolute Gasteiger partial charge is 0.321 e. The SMILES string of the molecule is CCOc1ccc(NC(=O)N2CCN(C(=O)[C@@H](Cc3cc(C)ccc3C)NC(C)=O)CC2)cc1. The lowest BCUT2D eigenvalue weighted by Gasteiger charge is -2.36. The molecule has 4 amide bonds. The van der Waals surface area contributed by atoms with E-state index in [4.69, 9.17) is 4.74 Å². The maximum absolute atomic E-state index is 13.3. The average molecular weight is 467 g/mol. The highest BCUT2D eigenvalue weighted by molar-refractivity contribution is 5.90. The molecule has 0 unspecified atom stereocenters. The molecule has 8 heteroatoms. The molecule has 0 aliphatic carbocycles. The first-order chi connectivity index (χ1) is 16.3. The molecule has 2 aromatic rings. The van der Waals surface area contributed by atoms with Crippen LogP contribution in [0.4, 0.5) is 10.5 Å². The van der Waals surface area contributed by atoms with Crippen LogP contribution in [0, 0.1) is 13.8 Å². The van der Waals surface area contributed by atoms with Gasteiger partial charge in [-0.25, -0.2) is 4.79 Å². The van der Waals surface area contributed by atoms with Crippen molar-refractivity contribution in [1.29, 1.82) is 0 Å². The normalized spacial score (nSPS) is 14.4. The topological polar surface area (TPSA) is 91.0 Å². The highest BCUT2D eigenvalue weighted by Gasteiger charge is 2.30. The van der Waals surface area contributed by atoms with Crippen molar-refractivity contribution in [2.75, 3.05) is 38.1 Å². The molecule has 0 spiro atoms. The zero-order valence-corrected chi connectivity index (χ0v) is 20.4. The van der Waals surface area contributed by atoms with Crippen molar-refractivity contribution in [2.45, 2.75) is 40.2 Å². The third kappa shape index (κ3) is 6.73. The van der Waals surface area contributed by atoms with Crippen LogP contribution in [0.15, 0.2) is 42.5 Å². The lowest BCUT2D eigenvalue weighted by Crippen LogP contribution is -2.56. The summed E-state index contributed by atoms with van der Waals surface area (Å²) in [5.41, 5.74) is 3.93. The van der Waals surface area contributed by atoms with Crippen LogP contribution in [0.3, 0.4) is 0 Å². The predicted octanol–water partition coefficient (Wildman–Crippen LogP) is 3.13. The molecule has 0 bridgehead atoms. The van der Waals surface area contributed by atoms with Crippen molar-refractivity contribution in [1.82, 2.24) is 15.1 Å². The van der Waals surface area contributed by atoms with Crippen molar-refractivity contribution < 1.29 is 19.1 Å². The van der Waals surface area contributed by atoms with Gasteiger partial charge in [0, 0.05) is 45.2 Å². The number of carbonyl (C=O) groups excluding carboxylic acids is 3. The molecule has 2 N–H and O–H groups in total. The van der Waals surface area contributed by atoms with Crippen LogP contribution < -0.4 is 15.4 Å². The maximum atomic E-state index is 13.3. The second-order valence-corrected chi connectivity index (χ2v) is 8.59. The third-order valence-electron chi connectivity index (χ3n) is 5.90. The Labute approximate surface area is 201 Å². The van der Waals surface area contributed by atoms with Crippen LogP contribution in [0.5, 0.6) is 5.75 Å². The van der Waals surface area contributed by atoms with Gasteiger partial charge in [-0.1, -0.05) is 23.8 Å². The van der Waals surface area contributed by atoms with E-state index in [0.29, 0.717) is 44.9 Å². The number of piperazine rings is 1. The van der Waals surface area contributed by atoms with E-state index in [9.17, 15) is 14.4 Å². The molecule has 1 saturated heterocycles. The van der Waals surface area contributed by atoms with Gasteiger partial charge < -0.3 is 25.2 Å². The Morgan fingerprint density at radius 3 is 2.24 bits per heavy atom. The second kappa shape index (κ2) is 11.5. The summed E-state index contributed by atoms with van der Waals surface area (Å²) in [6.07, 6.45) is 0.435. The third-order valence-corrected chi connectivity index (χ3v) is 5.90. The standard InChI is InChI=1S/C26H34N4O4/c1-5-34-23-10-8-22(9-11-23)28-26(33)30-14-12-29(13-15-30)25(32)24(27-20(4)31)17-21-16-18(2)6-7-19(21)3/h6-11,16,24H,5,12-15,17H2,1-4H3,(H,27,31)(H,28,33)/t24-/m1/s1. The van der Waals surface area contributed by atoms with E-state index < -0.39 is 6.04 Å². The first kappa shape index (κ1) is 25.1. The molecule has 1 atom stereocenters. The zero-order chi connectivity index (χ0) is 24.7. The van der Waals surface area contributed by atoms with Crippen LogP contribution in [-0.2, 0) is 16.0 Å². The lowest BCUT2D eigenvalue weighted by atomic mass is 9.98. The summed E-state index contributed by atoms with van der Waals surface area (Å²) in [5, 5.41) is 5.71. The zero-order valence-electron chi connectivity index (χ0n) is 20.4. The number of hydrogen-bond acceptors (Lipinski definition) is 4. The van der Waals surface area contributed by atoms with Gasteiger partial charge in [0.05, 0.1) is 6.61 Å². The monoisotopic (exact) mass is 466 g/mol. The largest absolute Gasteiger partial charge is 0.494 e. The fraction of sp³-hybridized carbons (Fsp3) is 0.423. The van der Waals surface area contributed by atoms with E-state index in [1.807, 2.05) is 45.0 Å². The van der Waals surface area contributed by atoms with Crippen molar-refractivity contribution in [3.05, 3.63) is 59.2 Å². The first-order valence-corrected chi connectivity index (χ1v) is 11.7. The van der Waals surface area contributed by atoms with Crippen molar-refractivity contribution in [3.8, 4) is 5.75 Å². The molecular formula is C26H34N4O4. The molecule has 8 nitrogen and oxygen atoms in total. The minimum absolute atomic E-state index is 0.123. The number of nitrogens with zero attached hydrogens (tertiary/aromatic N) is 2. The van der Waals surface area contributed by atoms with Gasteiger partial charge in [-0.15, -0.1) is 0 Å². The van der Waals surface area contributed by atoms with Crippen molar-refractivity contribution >= 4 is 23.5 Å². The number of amides is 4. The van der Waals surface area contributed by atoms with E-state index in [2.05, 4.69) is 16.7 Å². The molecule has 1 heterocycles. The highest BCUT2D eigenvalue weighted by Crippen LogP contribution is 2.17. The summed E-state index contributed by atoms with van der Waals surface area (Å²) >= 11 is 0. The van der Waals surface area contributed by atoms with E-state index in [1.165, 1.54) is 6.92 Å². The lowest BCUT2D eigenvalue weighted by molar-refractivity contribution is -0.137. The molecule has 34 heavy (non-hydrogen) atoms. The Balaban J connectivity index is 1.58. The Kier molecular flexibility index (Phi) is 8.51. The van der Waals surface area contributed by atoms with Gasteiger partial charge in [0.25, 0.3) is 0 Å². The van der Waals surface area contributed by atoms with Gasteiger partial charge in [0.1, 0.15) is 11.8 Å². The first-order valence-electron chi connectivity index (χ1n) is 11.7. The average Bonchev–Trinajstić information content (AvgIpc) is 2.81. The molecule has 0 saturated carbocycles. The molecule has 3 rings (SSSR count). The van der Waals surface area contributed by atoms with E-state index >= 15 is 0 Å². The minimum atomic E-state index is -0.637. The number of hydrogen-bond donors (Lipinski definition) is 2. The number of anilines is 1. The van der Waals surface area contributed by atoms with Crippen LogP contribution in [0.25, 0.3) is 0 Å². The van der Waals surface area contributed by atoms with Gasteiger partial charge in [-0.3, -0.25) is 9.59 Å². The predicted molar refractivity (Wildman–Crippen MR) is 132 cm³/mol. The Bertz CT molecular complexity index is 1010. The highest BCUT2D eigenvalue weighted by atomic mass is 16.5. The summed E-state index contributed by atoms with van der Waals surface area (Å²) in [6.45, 7) is 9.62. The number of benzene rings is 2. The molecule has 182 valence electrons. The van der Waals surface area contributed by atoms with Crippen LogP contribution in [0.2, 0.25) is 0 Å². The van der Waals surface area contributed by atoms with Crippen molar-refractivity contribution in [3.63, 3.8) is 0 Å². The number of nitrogens with one attached hydrogen (secondary N) is 2. The number of ether oxygens (including phenoxy) is 1. The fourth-order valence-electron chi connectivity index (χ4n) is 4.04. The summed E-state index contributed by atoms with van der Waals surface area (Å²) < 4.78 is 5.42. The number of urea groups is 1. The second-order valence-electron chi connectivity index (χ2n) is 8.59. The number of aryl methyl sites for hydroxylation is 2. The van der Waals surface area contributed by atoms with E-state index in [1.54, 1.807) is 21.9 Å². The summed E-state index contributed by atoms with van der Waals surface area (Å²) in [5.74, 6) is 0.391. The van der Waals surface area contributed by atoms with Gasteiger partial charge in [-0.05, 0) is 56.2 Å². The molecule has 1 aliphatic heterocycles. The quantitative estimate of drug-likeness (QED) is 0.656. The van der Waals surface area contributed by atoms with Gasteiger partial charge in [0.2, 0.25) is 11.8 Å². The fourth-order valence-corrected chi connectivity index (χ4v) is 4.04. The molecule has 2 aromatic carbocycles.